The van der Waals surface area contributed by atoms with Crippen molar-refractivity contribution in [1.29, 1.82) is 0 Å². The molecule has 0 radical (unpaired) electrons. The molecule has 2 heterocycles. The minimum absolute atomic E-state index is 0.269. The van der Waals surface area contributed by atoms with Crippen LogP contribution in [0, 0.1) is 5.92 Å². The Morgan fingerprint density at radius 1 is 1.09 bits per heavy atom. The van der Waals surface area contributed by atoms with Crippen LogP contribution in [0.1, 0.15) is 43.9 Å². The van der Waals surface area contributed by atoms with E-state index < -0.39 is 0 Å². The van der Waals surface area contributed by atoms with Crippen LogP contribution in [0.3, 0.4) is 0 Å². The lowest BCUT2D eigenvalue weighted by Gasteiger charge is -2.35. The summed E-state index contributed by atoms with van der Waals surface area (Å²) in [6.45, 7) is 1.62. The largest absolute Gasteiger partial charge is 0.342 e. The summed E-state index contributed by atoms with van der Waals surface area (Å²) in [5.41, 5.74) is 0.972. The molecule has 2 aliphatic rings. The maximum Gasteiger partial charge on any atom is 0.230 e. The minimum Gasteiger partial charge on any atom is -0.342 e. The summed E-state index contributed by atoms with van der Waals surface area (Å²) in [5, 5.41) is 4.10. The van der Waals surface area contributed by atoms with E-state index in [1.807, 2.05) is 35.2 Å². The van der Waals surface area contributed by atoms with Crippen molar-refractivity contribution in [3.63, 3.8) is 0 Å². The summed E-state index contributed by atoms with van der Waals surface area (Å²) in [7, 11) is 0. The lowest BCUT2D eigenvalue weighted by atomic mass is 9.83. The van der Waals surface area contributed by atoms with E-state index in [2.05, 4.69) is 10.1 Å². The molecule has 5 heteroatoms. The molecule has 0 unspecified atom stereocenters. The molecule has 1 amide bonds. The van der Waals surface area contributed by atoms with Gasteiger partial charge in [0.25, 0.3) is 0 Å². The number of nitrogens with zero attached hydrogens (tertiary/aromatic N) is 3. The van der Waals surface area contributed by atoms with Crippen LogP contribution in [0.15, 0.2) is 34.9 Å². The normalized spacial score (nSPS) is 19.6. The molecule has 0 N–H and O–H groups in total. The first-order chi connectivity index (χ1) is 11.3. The maximum atomic E-state index is 12.3. The van der Waals surface area contributed by atoms with Gasteiger partial charge in [-0.2, -0.15) is 4.98 Å². The molecule has 1 aromatic heterocycles. The van der Waals surface area contributed by atoms with Crippen molar-refractivity contribution in [2.24, 2.45) is 5.92 Å². The van der Waals surface area contributed by atoms with Gasteiger partial charge < -0.3 is 9.42 Å². The first-order valence-corrected chi connectivity index (χ1v) is 8.49. The molecule has 0 spiro atoms. The number of carbonyl (C=O) groups is 1. The monoisotopic (exact) mass is 311 g/mol. The minimum atomic E-state index is 0.269. The summed E-state index contributed by atoms with van der Waals surface area (Å²) < 4.78 is 5.47. The number of amides is 1. The van der Waals surface area contributed by atoms with E-state index in [9.17, 15) is 4.79 Å². The summed E-state index contributed by atoms with van der Waals surface area (Å²) in [4.78, 5) is 18.9. The molecule has 120 valence electrons. The van der Waals surface area contributed by atoms with E-state index in [1.165, 1.54) is 6.42 Å². The standard InChI is InChI=1S/C18H21N3O2/c22-18(15-7-4-8-15)21-11-9-14(10-12-21)17-19-16(20-23-17)13-5-2-1-3-6-13/h1-3,5-6,14-15H,4,7-12H2. The molecule has 1 aliphatic carbocycles. The molecule has 4 rings (SSSR count). The van der Waals surface area contributed by atoms with Crippen LogP contribution in [0.4, 0.5) is 0 Å². The highest BCUT2D eigenvalue weighted by atomic mass is 16.5. The summed E-state index contributed by atoms with van der Waals surface area (Å²) in [6, 6.07) is 9.87. The van der Waals surface area contributed by atoms with Crippen LogP contribution in [-0.4, -0.2) is 34.0 Å². The van der Waals surface area contributed by atoms with E-state index in [4.69, 9.17) is 4.52 Å². The zero-order valence-corrected chi connectivity index (χ0v) is 13.1. The Labute approximate surface area is 135 Å². The van der Waals surface area contributed by atoms with Crippen molar-refractivity contribution in [2.75, 3.05) is 13.1 Å². The Morgan fingerprint density at radius 3 is 2.48 bits per heavy atom. The Hall–Kier alpha value is -2.17. The molecular weight excluding hydrogens is 290 g/mol. The average Bonchev–Trinajstić information content (AvgIpc) is 3.04. The second-order valence-corrected chi connectivity index (χ2v) is 6.55. The van der Waals surface area contributed by atoms with Gasteiger partial charge in [0, 0.05) is 30.5 Å². The fourth-order valence-corrected chi connectivity index (χ4v) is 3.37. The molecule has 23 heavy (non-hydrogen) atoms. The third-order valence-corrected chi connectivity index (χ3v) is 5.08. The molecule has 5 nitrogen and oxygen atoms in total. The zero-order valence-electron chi connectivity index (χ0n) is 13.1. The predicted octanol–water partition coefficient (Wildman–Crippen LogP) is 3.24. The van der Waals surface area contributed by atoms with Gasteiger partial charge in [0.05, 0.1) is 0 Å². The molecule has 2 fully saturated rings. The Balaban J connectivity index is 1.39. The molecule has 1 saturated heterocycles. The molecule has 1 aliphatic heterocycles. The summed E-state index contributed by atoms with van der Waals surface area (Å²) in [5.74, 6) is 2.27. The van der Waals surface area contributed by atoms with Gasteiger partial charge in [0.1, 0.15) is 0 Å². The Bertz CT molecular complexity index is 671. The molecule has 0 atom stereocenters. The van der Waals surface area contributed by atoms with E-state index in [-0.39, 0.29) is 5.92 Å². The van der Waals surface area contributed by atoms with Crippen molar-refractivity contribution in [3.05, 3.63) is 36.2 Å². The topological polar surface area (TPSA) is 59.2 Å². The number of rotatable bonds is 3. The second kappa shape index (κ2) is 6.14. The van der Waals surface area contributed by atoms with Crippen LogP contribution in [0.2, 0.25) is 0 Å². The first kappa shape index (κ1) is 14.4. The number of aromatic nitrogens is 2. The zero-order chi connectivity index (χ0) is 15.6. The number of piperidine rings is 1. The van der Waals surface area contributed by atoms with Crippen molar-refractivity contribution in [2.45, 2.75) is 38.0 Å². The number of carbonyl (C=O) groups excluding carboxylic acids is 1. The smallest absolute Gasteiger partial charge is 0.230 e. The van der Waals surface area contributed by atoms with Gasteiger partial charge in [0.2, 0.25) is 17.6 Å². The van der Waals surface area contributed by atoms with E-state index >= 15 is 0 Å². The van der Waals surface area contributed by atoms with Gasteiger partial charge >= 0.3 is 0 Å². The van der Waals surface area contributed by atoms with Crippen LogP contribution in [0.25, 0.3) is 11.4 Å². The van der Waals surface area contributed by atoms with Crippen molar-refractivity contribution < 1.29 is 9.32 Å². The third kappa shape index (κ3) is 2.87. The lowest BCUT2D eigenvalue weighted by molar-refractivity contribution is -0.139. The van der Waals surface area contributed by atoms with Gasteiger partial charge in [-0.25, -0.2) is 0 Å². The fourth-order valence-electron chi connectivity index (χ4n) is 3.37. The summed E-state index contributed by atoms with van der Waals surface area (Å²) in [6.07, 6.45) is 5.17. The number of hydrogen-bond donors (Lipinski definition) is 0. The van der Waals surface area contributed by atoms with Crippen molar-refractivity contribution in [1.82, 2.24) is 15.0 Å². The first-order valence-electron chi connectivity index (χ1n) is 8.49. The van der Waals surface area contributed by atoms with Gasteiger partial charge in [-0.15, -0.1) is 0 Å². The van der Waals surface area contributed by atoms with Gasteiger partial charge in [-0.1, -0.05) is 41.9 Å². The van der Waals surface area contributed by atoms with E-state index in [1.54, 1.807) is 0 Å². The molecular formula is C18H21N3O2. The van der Waals surface area contributed by atoms with Gasteiger partial charge in [-0.05, 0) is 25.7 Å². The SMILES string of the molecule is O=C(C1CCC1)N1CCC(c2nc(-c3ccccc3)no2)CC1. The lowest BCUT2D eigenvalue weighted by Crippen LogP contribution is -2.43. The van der Waals surface area contributed by atoms with Crippen LogP contribution in [0.5, 0.6) is 0 Å². The van der Waals surface area contributed by atoms with Crippen LogP contribution in [-0.2, 0) is 4.79 Å². The number of likely N-dealkylation sites (tertiary alicyclic amines) is 1. The number of hydrogen-bond acceptors (Lipinski definition) is 4. The van der Waals surface area contributed by atoms with E-state index in [0.717, 1.165) is 44.3 Å². The average molecular weight is 311 g/mol. The number of benzene rings is 1. The predicted molar refractivity (Wildman–Crippen MR) is 85.6 cm³/mol. The molecule has 2 aromatic rings. The van der Waals surface area contributed by atoms with Crippen molar-refractivity contribution >= 4 is 5.91 Å². The van der Waals surface area contributed by atoms with Gasteiger partial charge in [-0.3, -0.25) is 4.79 Å². The molecule has 0 bridgehead atoms. The highest BCUT2D eigenvalue weighted by Gasteiger charge is 2.33. The van der Waals surface area contributed by atoms with Crippen LogP contribution >= 0.6 is 0 Å². The fraction of sp³-hybridized carbons (Fsp3) is 0.500. The second-order valence-electron chi connectivity index (χ2n) is 6.55. The summed E-state index contributed by atoms with van der Waals surface area (Å²) >= 11 is 0. The Kier molecular flexibility index (Phi) is 3.85. The molecule has 1 aromatic carbocycles. The van der Waals surface area contributed by atoms with E-state index in [0.29, 0.717) is 23.5 Å². The Morgan fingerprint density at radius 2 is 1.83 bits per heavy atom. The quantitative estimate of drug-likeness (QED) is 0.873. The maximum absolute atomic E-state index is 12.3. The van der Waals surface area contributed by atoms with Crippen LogP contribution < -0.4 is 0 Å². The highest BCUT2D eigenvalue weighted by molar-refractivity contribution is 5.79. The molecule has 1 saturated carbocycles. The third-order valence-electron chi connectivity index (χ3n) is 5.08. The van der Waals surface area contributed by atoms with Gasteiger partial charge in [0.15, 0.2) is 0 Å². The van der Waals surface area contributed by atoms with Crippen molar-refractivity contribution in [3.8, 4) is 11.4 Å². The highest BCUT2D eigenvalue weighted by Crippen LogP contribution is 2.32.